The summed E-state index contributed by atoms with van der Waals surface area (Å²) in [7, 11) is -6.72. The summed E-state index contributed by atoms with van der Waals surface area (Å²) in [5, 5.41) is 0. The molecule has 1 N–H and O–H groups in total. The molecule has 124 valence electrons. The largest absolute Gasteiger partial charge is 0.279 e. The van der Waals surface area contributed by atoms with Crippen molar-refractivity contribution in [2.75, 3.05) is 31.1 Å². The first kappa shape index (κ1) is 17.4. The zero-order valence-corrected chi connectivity index (χ0v) is 14.2. The average Bonchev–Trinajstić information content (AvgIpc) is 2.48. The molecule has 6 nitrogen and oxygen atoms in total. The monoisotopic (exact) mass is 346 g/mol. The molecule has 2 rings (SSSR count). The van der Waals surface area contributed by atoms with Crippen LogP contribution in [-0.4, -0.2) is 52.3 Å². The maximum absolute atomic E-state index is 12.3. The fourth-order valence-electron chi connectivity index (χ4n) is 2.46. The van der Waals surface area contributed by atoms with Gasteiger partial charge in [0, 0.05) is 19.6 Å². The number of hydrogen-bond donors (Lipinski definition) is 1. The number of nitrogens with one attached hydrogen (secondary N) is 1. The topological polar surface area (TPSA) is 83.6 Å². The van der Waals surface area contributed by atoms with Crippen LogP contribution in [0.5, 0.6) is 0 Å². The van der Waals surface area contributed by atoms with Gasteiger partial charge in [0.2, 0.25) is 0 Å². The van der Waals surface area contributed by atoms with Gasteiger partial charge in [0.1, 0.15) is 0 Å². The zero-order chi connectivity index (χ0) is 16.2. The maximum atomic E-state index is 12.3. The van der Waals surface area contributed by atoms with Crippen LogP contribution in [0.4, 0.5) is 0 Å². The molecule has 0 bridgehead atoms. The Kier molecular flexibility index (Phi) is 5.60. The molecule has 0 saturated carbocycles. The molecule has 0 spiro atoms. The predicted molar refractivity (Wildman–Crippen MR) is 86.6 cm³/mol. The van der Waals surface area contributed by atoms with Gasteiger partial charge in [0.15, 0.2) is 9.84 Å². The van der Waals surface area contributed by atoms with Crippen LogP contribution in [0.2, 0.25) is 0 Å². The second kappa shape index (κ2) is 7.08. The Labute approximate surface area is 132 Å². The fourth-order valence-corrected chi connectivity index (χ4v) is 5.15. The molecule has 1 aliphatic heterocycles. The highest BCUT2D eigenvalue weighted by Crippen LogP contribution is 2.18. The highest BCUT2D eigenvalue weighted by atomic mass is 32.2. The lowest BCUT2D eigenvalue weighted by molar-refractivity contribution is 0.419. The van der Waals surface area contributed by atoms with Crippen molar-refractivity contribution in [3.63, 3.8) is 0 Å². The molecule has 0 radical (unpaired) electrons. The molecule has 1 heterocycles. The van der Waals surface area contributed by atoms with Crippen LogP contribution in [-0.2, 0) is 20.0 Å². The van der Waals surface area contributed by atoms with Gasteiger partial charge in [-0.05, 0) is 17.9 Å². The van der Waals surface area contributed by atoms with Gasteiger partial charge in [-0.3, -0.25) is 0 Å². The minimum Gasteiger partial charge on any atom is -0.229 e. The van der Waals surface area contributed by atoms with Crippen molar-refractivity contribution in [3.05, 3.63) is 35.9 Å². The van der Waals surface area contributed by atoms with Crippen molar-refractivity contribution in [2.24, 2.45) is 0 Å². The van der Waals surface area contributed by atoms with Crippen molar-refractivity contribution < 1.29 is 16.8 Å². The van der Waals surface area contributed by atoms with Gasteiger partial charge in [-0.25, -0.2) is 13.1 Å². The summed E-state index contributed by atoms with van der Waals surface area (Å²) in [5.74, 6) is -0.113. The molecular formula is C14H22N2O4S2. The summed E-state index contributed by atoms with van der Waals surface area (Å²) < 4.78 is 51.1. The minimum absolute atomic E-state index is 0.0276. The van der Waals surface area contributed by atoms with Crippen LogP contribution in [0.15, 0.2) is 30.3 Å². The van der Waals surface area contributed by atoms with Crippen molar-refractivity contribution in [2.45, 2.75) is 19.3 Å². The second-order valence-electron chi connectivity index (χ2n) is 5.42. The summed E-state index contributed by atoms with van der Waals surface area (Å²) in [6, 6.07) is 9.75. The fraction of sp³-hybridized carbons (Fsp3) is 0.571. The van der Waals surface area contributed by atoms with E-state index in [0.29, 0.717) is 6.54 Å². The molecule has 1 unspecified atom stereocenters. The van der Waals surface area contributed by atoms with Gasteiger partial charge in [0.25, 0.3) is 10.2 Å². The quantitative estimate of drug-likeness (QED) is 0.824. The smallest absolute Gasteiger partial charge is 0.229 e. The number of sulfone groups is 1. The number of hydrogen-bond acceptors (Lipinski definition) is 4. The van der Waals surface area contributed by atoms with E-state index in [4.69, 9.17) is 0 Å². The first-order valence-electron chi connectivity index (χ1n) is 7.34. The lowest BCUT2D eigenvalue weighted by Gasteiger charge is -2.27. The van der Waals surface area contributed by atoms with Crippen molar-refractivity contribution in [1.29, 1.82) is 0 Å². The van der Waals surface area contributed by atoms with E-state index in [-0.39, 0.29) is 30.5 Å². The third kappa shape index (κ3) is 4.52. The third-order valence-electron chi connectivity index (χ3n) is 3.92. The maximum Gasteiger partial charge on any atom is 0.279 e. The SMILES string of the molecule is CCC(CNS(=O)(=O)N1CCS(=O)(=O)CC1)c1ccccc1. The van der Waals surface area contributed by atoms with Gasteiger partial charge in [-0.2, -0.15) is 12.7 Å². The highest BCUT2D eigenvalue weighted by Gasteiger charge is 2.30. The van der Waals surface area contributed by atoms with Crippen molar-refractivity contribution in [3.8, 4) is 0 Å². The van der Waals surface area contributed by atoms with E-state index in [9.17, 15) is 16.8 Å². The first-order valence-corrected chi connectivity index (χ1v) is 10.6. The van der Waals surface area contributed by atoms with Crippen LogP contribution in [0, 0.1) is 0 Å². The predicted octanol–water partition coefficient (Wildman–Crippen LogP) is 0.745. The van der Waals surface area contributed by atoms with E-state index in [1.165, 1.54) is 4.31 Å². The lowest BCUT2D eigenvalue weighted by Crippen LogP contribution is -2.49. The molecule has 0 amide bonds. The minimum atomic E-state index is -3.63. The van der Waals surface area contributed by atoms with E-state index < -0.39 is 20.0 Å². The van der Waals surface area contributed by atoms with E-state index >= 15 is 0 Å². The van der Waals surface area contributed by atoms with Gasteiger partial charge in [-0.1, -0.05) is 37.3 Å². The van der Waals surface area contributed by atoms with Gasteiger partial charge < -0.3 is 0 Å². The number of rotatable bonds is 6. The molecule has 1 aromatic carbocycles. The Morgan fingerprint density at radius 1 is 1.18 bits per heavy atom. The molecule has 0 aliphatic carbocycles. The molecule has 1 saturated heterocycles. The number of benzene rings is 1. The molecular weight excluding hydrogens is 324 g/mol. The van der Waals surface area contributed by atoms with Crippen LogP contribution in [0.1, 0.15) is 24.8 Å². The van der Waals surface area contributed by atoms with E-state index in [0.717, 1.165) is 12.0 Å². The summed E-state index contributed by atoms with van der Waals surface area (Å²) in [4.78, 5) is 0. The average molecular weight is 346 g/mol. The van der Waals surface area contributed by atoms with Gasteiger partial charge in [-0.15, -0.1) is 0 Å². The Morgan fingerprint density at radius 3 is 2.32 bits per heavy atom. The molecule has 8 heteroatoms. The summed E-state index contributed by atoms with van der Waals surface area (Å²) >= 11 is 0. The van der Waals surface area contributed by atoms with Crippen LogP contribution >= 0.6 is 0 Å². The van der Waals surface area contributed by atoms with Crippen LogP contribution in [0.25, 0.3) is 0 Å². The Morgan fingerprint density at radius 2 is 1.77 bits per heavy atom. The lowest BCUT2D eigenvalue weighted by atomic mass is 9.97. The summed E-state index contributed by atoms with van der Waals surface area (Å²) in [5.41, 5.74) is 1.09. The molecule has 1 aromatic rings. The highest BCUT2D eigenvalue weighted by molar-refractivity contribution is 7.91. The Hall–Kier alpha value is -0.960. The van der Waals surface area contributed by atoms with E-state index in [1.807, 2.05) is 37.3 Å². The van der Waals surface area contributed by atoms with E-state index in [1.54, 1.807) is 0 Å². The van der Waals surface area contributed by atoms with Crippen LogP contribution in [0.3, 0.4) is 0 Å². The molecule has 22 heavy (non-hydrogen) atoms. The Balaban J connectivity index is 1.97. The summed E-state index contributed by atoms with van der Waals surface area (Å²) in [6.07, 6.45) is 0.820. The zero-order valence-electron chi connectivity index (χ0n) is 12.6. The standard InChI is InChI=1S/C14H22N2O4S2/c1-2-13(14-6-4-3-5-7-14)12-15-22(19,20)16-8-10-21(17,18)11-9-16/h3-7,13,15H,2,8-12H2,1H3. The second-order valence-corrected chi connectivity index (χ2v) is 9.48. The first-order chi connectivity index (χ1) is 10.3. The molecule has 0 aromatic heterocycles. The van der Waals surface area contributed by atoms with Gasteiger partial charge in [0.05, 0.1) is 11.5 Å². The van der Waals surface area contributed by atoms with Crippen molar-refractivity contribution >= 4 is 20.0 Å². The Bertz CT molecular complexity index is 673. The molecule has 1 aliphatic rings. The van der Waals surface area contributed by atoms with Gasteiger partial charge >= 0.3 is 0 Å². The third-order valence-corrected chi connectivity index (χ3v) is 7.10. The molecule has 1 atom stereocenters. The molecule has 1 fully saturated rings. The number of nitrogens with zero attached hydrogens (tertiary/aromatic N) is 1. The summed E-state index contributed by atoms with van der Waals surface area (Å²) in [6.45, 7) is 2.38. The normalized spacial score (nSPS) is 20.6. The van der Waals surface area contributed by atoms with E-state index in [2.05, 4.69) is 4.72 Å². The van der Waals surface area contributed by atoms with Crippen molar-refractivity contribution in [1.82, 2.24) is 9.03 Å². The van der Waals surface area contributed by atoms with Crippen LogP contribution < -0.4 is 4.72 Å².